The molecule has 8 nitrogen and oxygen atoms in total. The van der Waals surface area contributed by atoms with E-state index in [4.69, 9.17) is 9.63 Å². The Labute approximate surface area is 132 Å². The van der Waals surface area contributed by atoms with E-state index in [-0.39, 0.29) is 24.7 Å². The Morgan fingerprint density at radius 3 is 2.61 bits per heavy atom. The summed E-state index contributed by atoms with van der Waals surface area (Å²) in [7, 11) is 0. The fraction of sp³-hybridized carbons (Fsp3) is 0.400. The number of nitrogens with zero attached hydrogens (tertiary/aromatic N) is 3. The van der Waals surface area contributed by atoms with Crippen molar-refractivity contribution in [1.29, 1.82) is 0 Å². The van der Waals surface area contributed by atoms with Gasteiger partial charge in [-0.15, -0.1) is 0 Å². The van der Waals surface area contributed by atoms with E-state index in [0.717, 1.165) is 5.56 Å². The fourth-order valence-corrected chi connectivity index (χ4v) is 1.95. The Hall–Kier alpha value is -2.77. The zero-order valence-electron chi connectivity index (χ0n) is 12.9. The van der Waals surface area contributed by atoms with E-state index in [2.05, 4.69) is 20.4 Å². The predicted octanol–water partition coefficient (Wildman–Crippen LogP) is 1.29. The first-order valence-electron chi connectivity index (χ1n) is 7.22. The molecule has 0 aliphatic carbocycles. The third kappa shape index (κ3) is 4.60. The normalized spacial score (nSPS) is 12.1. The molecule has 0 spiro atoms. The van der Waals surface area contributed by atoms with Gasteiger partial charge in [0.25, 0.3) is 0 Å². The molecule has 0 aromatic carbocycles. The number of amides is 1. The summed E-state index contributed by atoms with van der Waals surface area (Å²) in [6.07, 6.45) is 3.57. The fourth-order valence-electron chi connectivity index (χ4n) is 1.95. The van der Waals surface area contributed by atoms with Crippen LogP contribution in [0.5, 0.6) is 0 Å². The maximum atomic E-state index is 11.8. The Morgan fingerprint density at radius 1 is 1.30 bits per heavy atom. The van der Waals surface area contributed by atoms with Crippen LogP contribution in [0.4, 0.5) is 0 Å². The number of aliphatic carboxylic acids is 1. The maximum absolute atomic E-state index is 11.8. The van der Waals surface area contributed by atoms with Crippen LogP contribution in [0.2, 0.25) is 0 Å². The second-order valence-corrected chi connectivity index (χ2v) is 5.38. The number of aromatic nitrogens is 3. The second kappa shape index (κ2) is 7.48. The highest BCUT2D eigenvalue weighted by Gasteiger charge is 2.23. The number of carbonyl (C=O) groups excluding carboxylic acids is 1. The number of hydrogen-bond acceptors (Lipinski definition) is 6. The SMILES string of the molecule is CC(C)[C@@H](NC(=O)CCc1nc(-c2ccncc2)no1)C(=O)O. The first-order chi connectivity index (χ1) is 11.0. The van der Waals surface area contributed by atoms with E-state index in [1.54, 1.807) is 38.4 Å². The molecule has 8 heteroatoms. The van der Waals surface area contributed by atoms with Crippen LogP contribution in [0.25, 0.3) is 11.4 Å². The lowest BCUT2D eigenvalue weighted by Gasteiger charge is -2.17. The molecule has 2 rings (SSSR count). The van der Waals surface area contributed by atoms with Crippen molar-refractivity contribution in [3.8, 4) is 11.4 Å². The molecule has 0 fully saturated rings. The van der Waals surface area contributed by atoms with Crippen molar-refractivity contribution in [3.63, 3.8) is 0 Å². The molecule has 0 unspecified atom stereocenters. The zero-order chi connectivity index (χ0) is 16.8. The van der Waals surface area contributed by atoms with Gasteiger partial charge in [-0.3, -0.25) is 9.78 Å². The number of carbonyl (C=O) groups is 2. The maximum Gasteiger partial charge on any atom is 0.326 e. The first-order valence-corrected chi connectivity index (χ1v) is 7.22. The van der Waals surface area contributed by atoms with Crippen LogP contribution in [0, 0.1) is 5.92 Å². The average Bonchev–Trinajstić information content (AvgIpc) is 3.00. The number of hydrogen-bond donors (Lipinski definition) is 2. The number of carboxylic acid groups (broad SMARTS) is 1. The average molecular weight is 318 g/mol. The standard InChI is InChI=1S/C15H18N4O4/c1-9(2)13(15(21)22)17-11(20)3-4-12-18-14(19-23-12)10-5-7-16-8-6-10/h5-9,13H,3-4H2,1-2H3,(H,17,20)(H,21,22)/t13-/m1/s1. The Morgan fingerprint density at radius 2 is 2.00 bits per heavy atom. The lowest BCUT2D eigenvalue weighted by atomic mass is 10.0. The lowest BCUT2D eigenvalue weighted by molar-refractivity contribution is -0.143. The first kappa shape index (κ1) is 16.6. The Balaban J connectivity index is 1.90. The summed E-state index contributed by atoms with van der Waals surface area (Å²) >= 11 is 0. The van der Waals surface area contributed by atoms with Crippen molar-refractivity contribution >= 4 is 11.9 Å². The number of nitrogens with one attached hydrogen (secondary N) is 1. The van der Waals surface area contributed by atoms with Crippen LogP contribution in [0.3, 0.4) is 0 Å². The monoisotopic (exact) mass is 318 g/mol. The highest BCUT2D eigenvalue weighted by molar-refractivity contribution is 5.83. The molecule has 0 bridgehead atoms. The summed E-state index contributed by atoms with van der Waals surface area (Å²) in [6, 6.07) is 2.60. The summed E-state index contributed by atoms with van der Waals surface area (Å²) < 4.78 is 5.09. The molecule has 0 aliphatic heterocycles. The highest BCUT2D eigenvalue weighted by Crippen LogP contribution is 2.14. The topological polar surface area (TPSA) is 118 Å². The molecule has 1 amide bonds. The molecular formula is C15H18N4O4. The van der Waals surface area contributed by atoms with Crippen LogP contribution < -0.4 is 5.32 Å². The minimum Gasteiger partial charge on any atom is -0.480 e. The molecule has 122 valence electrons. The lowest BCUT2D eigenvalue weighted by Crippen LogP contribution is -2.44. The second-order valence-electron chi connectivity index (χ2n) is 5.38. The van der Waals surface area contributed by atoms with Crippen LogP contribution in [-0.2, 0) is 16.0 Å². The van der Waals surface area contributed by atoms with Gasteiger partial charge in [0.2, 0.25) is 17.6 Å². The van der Waals surface area contributed by atoms with Crippen molar-refractivity contribution in [2.45, 2.75) is 32.7 Å². The van der Waals surface area contributed by atoms with Crippen LogP contribution in [0.15, 0.2) is 29.0 Å². The Bertz CT molecular complexity index is 669. The third-order valence-corrected chi connectivity index (χ3v) is 3.22. The van der Waals surface area contributed by atoms with Gasteiger partial charge < -0.3 is 14.9 Å². The van der Waals surface area contributed by atoms with Gasteiger partial charge in [0.1, 0.15) is 6.04 Å². The van der Waals surface area contributed by atoms with Crippen molar-refractivity contribution in [2.75, 3.05) is 0 Å². The van der Waals surface area contributed by atoms with Gasteiger partial charge in [-0.05, 0) is 18.1 Å². The molecule has 0 saturated carbocycles. The van der Waals surface area contributed by atoms with Crippen LogP contribution in [-0.4, -0.2) is 38.1 Å². The molecule has 2 aromatic heterocycles. The van der Waals surface area contributed by atoms with Crippen molar-refractivity contribution in [1.82, 2.24) is 20.4 Å². The quantitative estimate of drug-likeness (QED) is 0.789. The predicted molar refractivity (Wildman–Crippen MR) is 80.3 cm³/mol. The molecule has 0 radical (unpaired) electrons. The van der Waals surface area contributed by atoms with Crippen LogP contribution in [0.1, 0.15) is 26.2 Å². The van der Waals surface area contributed by atoms with Gasteiger partial charge in [0, 0.05) is 30.8 Å². The minimum absolute atomic E-state index is 0.0779. The highest BCUT2D eigenvalue weighted by atomic mass is 16.5. The van der Waals surface area contributed by atoms with Crippen molar-refractivity contribution in [3.05, 3.63) is 30.4 Å². The van der Waals surface area contributed by atoms with E-state index < -0.39 is 12.0 Å². The van der Waals surface area contributed by atoms with Gasteiger partial charge in [-0.1, -0.05) is 19.0 Å². The van der Waals surface area contributed by atoms with Gasteiger partial charge >= 0.3 is 5.97 Å². The van der Waals surface area contributed by atoms with E-state index in [1.807, 2.05) is 0 Å². The van der Waals surface area contributed by atoms with Gasteiger partial charge in [-0.2, -0.15) is 4.98 Å². The summed E-state index contributed by atoms with van der Waals surface area (Å²) in [6.45, 7) is 3.47. The van der Waals surface area contributed by atoms with E-state index >= 15 is 0 Å². The van der Waals surface area contributed by atoms with Crippen molar-refractivity contribution < 1.29 is 19.2 Å². The molecule has 2 heterocycles. The largest absolute Gasteiger partial charge is 0.480 e. The van der Waals surface area contributed by atoms with Crippen molar-refractivity contribution in [2.24, 2.45) is 5.92 Å². The minimum atomic E-state index is -1.05. The van der Waals surface area contributed by atoms with Crippen LogP contribution >= 0.6 is 0 Å². The summed E-state index contributed by atoms with van der Waals surface area (Å²) in [5.74, 6) is -0.865. The van der Waals surface area contributed by atoms with E-state index in [0.29, 0.717) is 11.7 Å². The van der Waals surface area contributed by atoms with E-state index in [9.17, 15) is 9.59 Å². The zero-order valence-corrected chi connectivity index (χ0v) is 12.9. The van der Waals surface area contributed by atoms with Gasteiger partial charge in [0.15, 0.2) is 0 Å². The summed E-state index contributed by atoms with van der Waals surface area (Å²) in [4.78, 5) is 31.0. The molecule has 2 aromatic rings. The summed E-state index contributed by atoms with van der Waals surface area (Å²) in [5.41, 5.74) is 0.769. The molecule has 2 N–H and O–H groups in total. The summed E-state index contributed by atoms with van der Waals surface area (Å²) in [5, 5.41) is 15.4. The molecule has 23 heavy (non-hydrogen) atoms. The van der Waals surface area contributed by atoms with Gasteiger partial charge in [0.05, 0.1) is 0 Å². The number of aryl methyl sites for hydroxylation is 1. The van der Waals surface area contributed by atoms with Gasteiger partial charge in [-0.25, -0.2) is 4.79 Å². The smallest absolute Gasteiger partial charge is 0.326 e. The molecule has 0 aliphatic rings. The number of carboxylic acids is 1. The number of pyridine rings is 1. The van der Waals surface area contributed by atoms with E-state index in [1.165, 1.54) is 0 Å². The number of rotatable bonds is 7. The molecular weight excluding hydrogens is 300 g/mol. The molecule has 0 saturated heterocycles. The third-order valence-electron chi connectivity index (χ3n) is 3.22. The molecule has 1 atom stereocenters. The Kier molecular flexibility index (Phi) is 5.40.